The first-order chi connectivity index (χ1) is 15.3. The molecule has 0 aromatic heterocycles. The summed E-state index contributed by atoms with van der Waals surface area (Å²) in [5.41, 5.74) is 0.656. The van der Waals surface area contributed by atoms with Gasteiger partial charge in [-0.3, -0.25) is 9.69 Å². The monoisotopic (exact) mass is 452 g/mol. The molecule has 2 aromatic carbocycles. The lowest BCUT2D eigenvalue weighted by Gasteiger charge is -2.35. The zero-order valence-corrected chi connectivity index (χ0v) is 18.4. The summed E-state index contributed by atoms with van der Waals surface area (Å²) in [7, 11) is 4.55. The van der Waals surface area contributed by atoms with Gasteiger partial charge in [-0.05, 0) is 17.7 Å². The molecule has 0 atom stereocenters. The van der Waals surface area contributed by atoms with Crippen LogP contribution in [0, 0.1) is 0 Å². The molecule has 1 amide bonds. The van der Waals surface area contributed by atoms with Gasteiger partial charge >= 0.3 is 6.18 Å². The van der Waals surface area contributed by atoms with Crippen molar-refractivity contribution in [2.24, 2.45) is 0 Å². The largest absolute Gasteiger partial charge is 0.493 e. The van der Waals surface area contributed by atoms with Crippen LogP contribution < -0.4 is 14.2 Å². The van der Waals surface area contributed by atoms with Gasteiger partial charge in [-0.25, -0.2) is 0 Å². The van der Waals surface area contributed by atoms with Gasteiger partial charge in [0.1, 0.15) is 0 Å². The molecule has 6 nitrogen and oxygen atoms in total. The van der Waals surface area contributed by atoms with Crippen LogP contribution in [0.5, 0.6) is 17.2 Å². The highest BCUT2D eigenvalue weighted by molar-refractivity contribution is 5.80. The number of amides is 1. The normalized spacial score (nSPS) is 14.9. The molecule has 1 saturated heterocycles. The van der Waals surface area contributed by atoms with Gasteiger partial charge in [0.25, 0.3) is 0 Å². The van der Waals surface area contributed by atoms with E-state index in [4.69, 9.17) is 14.2 Å². The van der Waals surface area contributed by atoms with Crippen molar-refractivity contribution in [2.45, 2.75) is 19.1 Å². The predicted octanol–water partition coefficient (Wildman–Crippen LogP) is 3.62. The number of methoxy groups -OCH3 is 3. The number of halogens is 3. The highest BCUT2D eigenvalue weighted by atomic mass is 19.4. The second-order valence-electron chi connectivity index (χ2n) is 7.53. The van der Waals surface area contributed by atoms with Crippen molar-refractivity contribution in [3.05, 3.63) is 53.1 Å². The molecule has 0 spiro atoms. The van der Waals surface area contributed by atoms with Crippen LogP contribution in [-0.2, 0) is 23.9 Å². The molecule has 9 heteroatoms. The highest BCUT2D eigenvalue weighted by Crippen LogP contribution is 2.40. The summed E-state index contributed by atoms with van der Waals surface area (Å²) in [4.78, 5) is 16.7. The molecule has 0 unspecified atom stereocenters. The maximum absolute atomic E-state index is 12.9. The standard InChI is InChI=1S/C23H27F3N2O4/c1-30-19-8-7-17(21(31-2)22(19)32-3)14-20(29)28-11-9-27(10-12-28)15-16-5-4-6-18(13-16)23(24,25)26/h4-8,13H,9-12,14-15H2,1-3H3. The minimum Gasteiger partial charge on any atom is -0.493 e. The first kappa shape index (κ1) is 23.7. The summed E-state index contributed by atoms with van der Waals surface area (Å²) >= 11 is 0. The second-order valence-corrected chi connectivity index (χ2v) is 7.53. The van der Waals surface area contributed by atoms with Crippen LogP contribution in [0.4, 0.5) is 13.2 Å². The van der Waals surface area contributed by atoms with Crippen LogP contribution in [0.15, 0.2) is 36.4 Å². The van der Waals surface area contributed by atoms with Gasteiger partial charge in [-0.1, -0.05) is 24.3 Å². The minimum absolute atomic E-state index is 0.0470. The maximum Gasteiger partial charge on any atom is 0.416 e. The number of nitrogens with zero attached hydrogens (tertiary/aromatic N) is 2. The minimum atomic E-state index is -4.35. The maximum atomic E-state index is 12.9. The molecule has 1 aliphatic heterocycles. The fourth-order valence-electron chi connectivity index (χ4n) is 3.84. The summed E-state index contributed by atoms with van der Waals surface area (Å²) in [5, 5.41) is 0. The van der Waals surface area contributed by atoms with E-state index in [9.17, 15) is 18.0 Å². The Kier molecular flexibility index (Phi) is 7.50. The van der Waals surface area contributed by atoms with E-state index in [0.717, 1.165) is 6.07 Å². The summed E-state index contributed by atoms with van der Waals surface area (Å²) in [6, 6.07) is 8.88. The molecule has 2 aromatic rings. The molecule has 0 aliphatic carbocycles. The van der Waals surface area contributed by atoms with Gasteiger partial charge in [0, 0.05) is 38.3 Å². The van der Waals surface area contributed by atoms with E-state index >= 15 is 0 Å². The van der Waals surface area contributed by atoms with Crippen LogP contribution >= 0.6 is 0 Å². The van der Waals surface area contributed by atoms with Gasteiger partial charge in [0.05, 0.1) is 33.3 Å². The number of carbonyl (C=O) groups is 1. The summed E-state index contributed by atoms with van der Waals surface area (Å²) in [5.74, 6) is 1.37. The topological polar surface area (TPSA) is 51.2 Å². The van der Waals surface area contributed by atoms with Gasteiger partial charge in [0.15, 0.2) is 11.5 Å². The van der Waals surface area contributed by atoms with E-state index in [-0.39, 0.29) is 12.3 Å². The zero-order chi connectivity index (χ0) is 23.3. The summed E-state index contributed by atoms with van der Waals surface area (Å²) in [6.45, 7) is 2.60. The molecule has 174 valence electrons. The molecule has 1 fully saturated rings. The summed E-state index contributed by atoms with van der Waals surface area (Å²) < 4.78 is 54.9. The third kappa shape index (κ3) is 5.45. The lowest BCUT2D eigenvalue weighted by molar-refractivity contribution is -0.137. The Morgan fingerprint density at radius 1 is 0.938 bits per heavy atom. The highest BCUT2D eigenvalue weighted by Gasteiger charge is 2.30. The Labute approximate surface area is 185 Å². The van der Waals surface area contributed by atoms with Crippen molar-refractivity contribution in [3.8, 4) is 17.2 Å². The third-order valence-electron chi connectivity index (χ3n) is 5.51. The molecule has 1 aliphatic rings. The number of ether oxygens (including phenoxy) is 3. The molecule has 0 N–H and O–H groups in total. The van der Waals surface area contributed by atoms with Crippen molar-refractivity contribution < 1.29 is 32.2 Å². The Hall–Kier alpha value is -2.94. The average Bonchev–Trinajstić information content (AvgIpc) is 2.78. The number of piperazine rings is 1. The van der Waals surface area contributed by atoms with Crippen molar-refractivity contribution in [2.75, 3.05) is 47.5 Å². The third-order valence-corrected chi connectivity index (χ3v) is 5.51. The second kappa shape index (κ2) is 10.1. The average molecular weight is 452 g/mol. The van der Waals surface area contributed by atoms with Gasteiger partial charge in [-0.2, -0.15) is 13.2 Å². The molecule has 0 radical (unpaired) electrons. The van der Waals surface area contributed by atoms with Crippen LogP contribution in [0.25, 0.3) is 0 Å². The Morgan fingerprint density at radius 2 is 1.62 bits per heavy atom. The Balaban J connectivity index is 1.60. The van der Waals surface area contributed by atoms with Crippen molar-refractivity contribution in [3.63, 3.8) is 0 Å². The molecule has 0 bridgehead atoms. The SMILES string of the molecule is COc1ccc(CC(=O)N2CCN(Cc3cccc(C(F)(F)F)c3)CC2)c(OC)c1OC. The van der Waals surface area contributed by atoms with E-state index in [1.165, 1.54) is 33.5 Å². The smallest absolute Gasteiger partial charge is 0.416 e. The quantitative estimate of drug-likeness (QED) is 0.643. The molecular formula is C23H27F3N2O4. The molecule has 32 heavy (non-hydrogen) atoms. The number of hydrogen-bond donors (Lipinski definition) is 0. The van der Waals surface area contributed by atoms with Crippen LogP contribution in [0.1, 0.15) is 16.7 Å². The first-order valence-corrected chi connectivity index (χ1v) is 10.2. The van der Waals surface area contributed by atoms with Crippen LogP contribution in [0.3, 0.4) is 0 Å². The fraction of sp³-hybridized carbons (Fsp3) is 0.435. The number of benzene rings is 2. The number of rotatable bonds is 7. The molecule has 3 rings (SSSR count). The van der Waals surface area contributed by atoms with Crippen molar-refractivity contribution >= 4 is 5.91 Å². The van der Waals surface area contributed by atoms with Gasteiger partial charge in [0.2, 0.25) is 11.7 Å². The lowest BCUT2D eigenvalue weighted by atomic mass is 10.1. The zero-order valence-electron chi connectivity index (χ0n) is 18.4. The lowest BCUT2D eigenvalue weighted by Crippen LogP contribution is -2.48. The summed E-state index contributed by atoms with van der Waals surface area (Å²) in [6.07, 6.45) is -4.20. The van der Waals surface area contributed by atoms with Crippen molar-refractivity contribution in [1.29, 1.82) is 0 Å². The number of alkyl halides is 3. The van der Waals surface area contributed by atoms with E-state index in [0.29, 0.717) is 61.1 Å². The number of carbonyl (C=O) groups excluding carboxylic acids is 1. The predicted molar refractivity (Wildman–Crippen MR) is 113 cm³/mol. The van der Waals surface area contributed by atoms with Crippen LogP contribution in [-0.4, -0.2) is 63.2 Å². The molecular weight excluding hydrogens is 425 g/mol. The van der Waals surface area contributed by atoms with Crippen LogP contribution in [0.2, 0.25) is 0 Å². The molecule has 0 saturated carbocycles. The molecule has 1 heterocycles. The van der Waals surface area contributed by atoms with E-state index in [2.05, 4.69) is 4.90 Å². The van der Waals surface area contributed by atoms with Gasteiger partial charge < -0.3 is 19.1 Å². The first-order valence-electron chi connectivity index (χ1n) is 10.2. The van der Waals surface area contributed by atoms with Crippen molar-refractivity contribution in [1.82, 2.24) is 9.80 Å². The Morgan fingerprint density at radius 3 is 2.22 bits per heavy atom. The Bertz CT molecular complexity index is 941. The number of hydrogen-bond acceptors (Lipinski definition) is 5. The van der Waals surface area contributed by atoms with Gasteiger partial charge in [-0.15, -0.1) is 0 Å². The van der Waals surface area contributed by atoms with E-state index in [1.807, 2.05) is 0 Å². The fourth-order valence-corrected chi connectivity index (χ4v) is 3.84. The van der Waals surface area contributed by atoms with E-state index < -0.39 is 11.7 Å². The van der Waals surface area contributed by atoms with E-state index in [1.54, 1.807) is 23.1 Å².